The van der Waals surface area contributed by atoms with Crippen LogP contribution in [-0.4, -0.2) is 28.3 Å². The summed E-state index contributed by atoms with van der Waals surface area (Å²) in [4.78, 5) is 24.9. The molecule has 4 rings (SSSR count). The number of fused-ring (bicyclic) bond motifs is 3. The third-order valence-corrected chi connectivity index (χ3v) is 7.59. The molecule has 0 spiro atoms. The van der Waals surface area contributed by atoms with Crippen molar-refractivity contribution >= 4 is 44.7 Å². The molecule has 138 valence electrons. The van der Waals surface area contributed by atoms with Gasteiger partial charge in [-0.25, -0.2) is 9.97 Å². The molecule has 0 fully saturated rings. The average molecular weight is 408 g/mol. The Bertz CT molecular complexity index is 990. The molecule has 0 saturated heterocycles. The second kappa shape index (κ2) is 7.80. The Labute approximate surface area is 164 Å². The first-order valence-corrected chi connectivity index (χ1v) is 11.4. The number of aromatic nitrogens is 3. The van der Waals surface area contributed by atoms with Crippen LogP contribution in [0.15, 0.2) is 15.3 Å². The molecule has 26 heavy (non-hydrogen) atoms. The largest absolute Gasteiger partial charge is 0.383 e. The van der Waals surface area contributed by atoms with Gasteiger partial charge in [0, 0.05) is 23.1 Å². The number of hydrogen-bond donors (Lipinski definition) is 0. The van der Waals surface area contributed by atoms with Crippen LogP contribution >= 0.6 is 34.4 Å². The van der Waals surface area contributed by atoms with E-state index < -0.39 is 0 Å². The molecular formula is C18H21N3O2S3. The van der Waals surface area contributed by atoms with Crippen LogP contribution in [0.5, 0.6) is 0 Å². The summed E-state index contributed by atoms with van der Waals surface area (Å²) in [5, 5.41) is 4.74. The van der Waals surface area contributed by atoms with E-state index >= 15 is 0 Å². The Balaban J connectivity index is 1.75. The molecule has 0 aliphatic heterocycles. The standard InChI is InChI=1S/C18H21N3O2S3/c1-11-19-12(9-24-11)10-25-18-20-16-15(17(22)21(18)7-8-23-2)13-5-3-4-6-14(13)26-16/h9H,3-8,10H2,1-2H3. The molecule has 0 saturated carbocycles. The molecule has 0 unspecified atom stereocenters. The van der Waals surface area contributed by atoms with Crippen LogP contribution in [0.1, 0.15) is 34.0 Å². The van der Waals surface area contributed by atoms with Crippen LogP contribution in [0.4, 0.5) is 0 Å². The molecule has 1 aliphatic carbocycles. The van der Waals surface area contributed by atoms with E-state index in [-0.39, 0.29) is 5.56 Å². The number of thiophene rings is 1. The fourth-order valence-electron chi connectivity index (χ4n) is 3.32. The summed E-state index contributed by atoms with van der Waals surface area (Å²) in [6, 6.07) is 0. The van der Waals surface area contributed by atoms with E-state index in [0.717, 1.165) is 51.1 Å². The van der Waals surface area contributed by atoms with Crippen molar-refractivity contribution in [3.05, 3.63) is 36.9 Å². The minimum absolute atomic E-state index is 0.0865. The van der Waals surface area contributed by atoms with Crippen LogP contribution in [0, 0.1) is 6.92 Å². The van der Waals surface area contributed by atoms with Crippen LogP contribution in [0.3, 0.4) is 0 Å². The van der Waals surface area contributed by atoms with Crippen molar-refractivity contribution in [3.8, 4) is 0 Å². The molecular weight excluding hydrogens is 386 g/mol. The minimum Gasteiger partial charge on any atom is -0.383 e. The van der Waals surface area contributed by atoms with E-state index in [1.54, 1.807) is 46.1 Å². The van der Waals surface area contributed by atoms with Gasteiger partial charge in [-0.3, -0.25) is 9.36 Å². The summed E-state index contributed by atoms with van der Waals surface area (Å²) < 4.78 is 7.01. The maximum absolute atomic E-state index is 13.3. The molecule has 0 amide bonds. The van der Waals surface area contributed by atoms with Crippen molar-refractivity contribution in [1.82, 2.24) is 14.5 Å². The predicted octanol–water partition coefficient (Wildman–Crippen LogP) is 4.04. The molecule has 5 nitrogen and oxygen atoms in total. The summed E-state index contributed by atoms with van der Waals surface area (Å²) >= 11 is 4.94. The molecule has 0 N–H and O–H groups in total. The summed E-state index contributed by atoms with van der Waals surface area (Å²) in [6.45, 7) is 3.04. The Morgan fingerprint density at radius 2 is 2.15 bits per heavy atom. The molecule has 3 heterocycles. The van der Waals surface area contributed by atoms with Crippen molar-refractivity contribution in [1.29, 1.82) is 0 Å². The van der Waals surface area contributed by atoms with Gasteiger partial charge in [0.2, 0.25) is 0 Å². The number of nitrogens with zero attached hydrogens (tertiary/aromatic N) is 3. The van der Waals surface area contributed by atoms with Gasteiger partial charge in [-0.05, 0) is 38.2 Å². The van der Waals surface area contributed by atoms with Gasteiger partial charge in [-0.2, -0.15) is 0 Å². The fraction of sp³-hybridized carbons (Fsp3) is 0.500. The molecule has 1 aliphatic rings. The quantitative estimate of drug-likeness (QED) is 0.456. The second-order valence-corrected chi connectivity index (χ2v) is 9.47. The summed E-state index contributed by atoms with van der Waals surface area (Å²) in [7, 11) is 1.66. The maximum Gasteiger partial charge on any atom is 0.263 e. The Hall–Kier alpha value is -1.22. The van der Waals surface area contributed by atoms with Gasteiger partial charge in [0.15, 0.2) is 5.16 Å². The second-order valence-electron chi connectivity index (χ2n) is 6.38. The Morgan fingerprint density at radius 1 is 1.31 bits per heavy atom. The topological polar surface area (TPSA) is 57.0 Å². The highest BCUT2D eigenvalue weighted by molar-refractivity contribution is 7.98. The first kappa shape index (κ1) is 18.2. The Morgan fingerprint density at radius 3 is 2.92 bits per heavy atom. The van der Waals surface area contributed by atoms with Gasteiger partial charge in [-0.15, -0.1) is 22.7 Å². The zero-order valence-electron chi connectivity index (χ0n) is 14.9. The average Bonchev–Trinajstić information content (AvgIpc) is 3.22. The number of thioether (sulfide) groups is 1. The summed E-state index contributed by atoms with van der Waals surface area (Å²) in [6.07, 6.45) is 4.45. The number of hydrogen-bond acceptors (Lipinski definition) is 7. The number of methoxy groups -OCH3 is 1. The van der Waals surface area contributed by atoms with Crippen LogP contribution in [-0.2, 0) is 29.9 Å². The molecule has 0 radical (unpaired) electrons. The lowest BCUT2D eigenvalue weighted by Gasteiger charge is -2.13. The third-order valence-electron chi connectivity index (χ3n) is 4.57. The van der Waals surface area contributed by atoms with Gasteiger partial charge < -0.3 is 4.74 Å². The lowest BCUT2D eigenvalue weighted by Crippen LogP contribution is -2.25. The van der Waals surface area contributed by atoms with E-state index in [0.29, 0.717) is 13.2 Å². The van der Waals surface area contributed by atoms with Crippen molar-refractivity contribution < 1.29 is 4.74 Å². The van der Waals surface area contributed by atoms with E-state index in [1.165, 1.54) is 16.9 Å². The molecule has 0 bridgehead atoms. The number of thiazole rings is 1. The first-order valence-electron chi connectivity index (χ1n) is 8.75. The van der Waals surface area contributed by atoms with Crippen LogP contribution in [0.2, 0.25) is 0 Å². The Kier molecular flexibility index (Phi) is 5.45. The van der Waals surface area contributed by atoms with Gasteiger partial charge in [0.25, 0.3) is 5.56 Å². The van der Waals surface area contributed by atoms with Crippen LogP contribution < -0.4 is 5.56 Å². The lowest BCUT2D eigenvalue weighted by atomic mass is 9.97. The van der Waals surface area contributed by atoms with Crippen molar-refractivity contribution in [2.75, 3.05) is 13.7 Å². The van der Waals surface area contributed by atoms with Crippen molar-refractivity contribution in [2.45, 2.75) is 50.1 Å². The van der Waals surface area contributed by atoms with Gasteiger partial charge in [0.1, 0.15) is 4.83 Å². The smallest absolute Gasteiger partial charge is 0.263 e. The molecule has 3 aromatic heterocycles. The van der Waals surface area contributed by atoms with Crippen molar-refractivity contribution in [3.63, 3.8) is 0 Å². The first-order chi connectivity index (χ1) is 12.7. The SMILES string of the molecule is COCCn1c(SCc2csc(C)n2)nc2sc3c(c2c1=O)CCCC3. The predicted molar refractivity (Wildman–Crippen MR) is 109 cm³/mol. The number of aryl methyl sites for hydroxylation is 3. The highest BCUT2D eigenvalue weighted by Crippen LogP contribution is 2.35. The molecule has 0 atom stereocenters. The van der Waals surface area contributed by atoms with Gasteiger partial charge in [0.05, 0.1) is 29.2 Å². The summed E-state index contributed by atoms with van der Waals surface area (Å²) in [5.41, 5.74) is 2.37. The van der Waals surface area contributed by atoms with Gasteiger partial charge >= 0.3 is 0 Å². The maximum atomic E-state index is 13.3. The zero-order valence-corrected chi connectivity index (χ0v) is 17.4. The molecule has 0 aromatic carbocycles. The lowest BCUT2D eigenvalue weighted by molar-refractivity contribution is 0.183. The number of rotatable bonds is 6. The van der Waals surface area contributed by atoms with Crippen molar-refractivity contribution in [2.24, 2.45) is 0 Å². The van der Waals surface area contributed by atoms with Crippen LogP contribution in [0.25, 0.3) is 10.2 Å². The van der Waals surface area contributed by atoms with Gasteiger partial charge in [-0.1, -0.05) is 11.8 Å². The molecule has 8 heteroatoms. The fourth-order valence-corrected chi connectivity index (χ4v) is 6.26. The minimum atomic E-state index is 0.0865. The zero-order chi connectivity index (χ0) is 18.1. The van der Waals surface area contributed by atoms with E-state index in [2.05, 4.69) is 10.4 Å². The van der Waals surface area contributed by atoms with E-state index in [1.807, 2.05) is 6.92 Å². The third kappa shape index (κ3) is 3.47. The van der Waals surface area contributed by atoms with E-state index in [4.69, 9.17) is 9.72 Å². The summed E-state index contributed by atoms with van der Waals surface area (Å²) in [5.74, 6) is 0.723. The monoisotopic (exact) mass is 407 g/mol. The highest BCUT2D eigenvalue weighted by atomic mass is 32.2. The normalized spacial score (nSPS) is 14.1. The van der Waals surface area contributed by atoms with E-state index in [9.17, 15) is 4.79 Å². The highest BCUT2D eigenvalue weighted by Gasteiger charge is 2.22. The molecule has 3 aromatic rings. The number of ether oxygens (including phenoxy) is 1.